The molecule has 0 aliphatic carbocycles. The van der Waals surface area contributed by atoms with Gasteiger partial charge in [-0.25, -0.2) is 14.4 Å². The molecule has 0 radical (unpaired) electrons. The van der Waals surface area contributed by atoms with Gasteiger partial charge in [-0.3, -0.25) is 9.20 Å². The van der Waals surface area contributed by atoms with E-state index < -0.39 is 21.6 Å². The van der Waals surface area contributed by atoms with Crippen LogP contribution in [-0.2, 0) is 10.8 Å². The number of aliphatic imine (C=N–C) groups is 1. The second-order valence-electron chi connectivity index (χ2n) is 5.92. The summed E-state index contributed by atoms with van der Waals surface area (Å²) in [6.45, 7) is 3.57. The molecule has 1 aliphatic heterocycles. The predicted octanol–water partition coefficient (Wildman–Crippen LogP) is 2.22. The summed E-state index contributed by atoms with van der Waals surface area (Å²) >= 11 is 0. The SMILES string of the molecule is CC1(C)C(N)=N[C@H](c2cc(-c3cncnc3)ccc2F)CS1=O. The van der Waals surface area contributed by atoms with E-state index in [-0.39, 0.29) is 11.6 Å². The normalized spacial score (nSPS) is 23.3. The van der Waals surface area contributed by atoms with Crippen LogP contribution in [0.25, 0.3) is 11.1 Å². The Kier molecular flexibility index (Phi) is 3.97. The van der Waals surface area contributed by atoms with Gasteiger partial charge in [-0.2, -0.15) is 0 Å². The van der Waals surface area contributed by atoms with Crippen LogP contribution < -0.4 is 5.73 Å². The molecule has 2 heterocycles. The minimum atomic E-state index is -1.22. The minimum absolute atomic E-state index is 0.249. The van der Waals surface area contributed by atoms with Crippen molar-refractivity contribution in [2.75, 3.05) is 5.75 Å². The van der Waals surface area contributed by atoms with E-state index in [1.807, 2.05) is 0 Å². The van der Waals surface area contributed by atoms with Gasteiger partial charge in [0.1, 0.15) is 18.0 Å². The Morgan fingerprint density at radius 2 is 1.96 bits per heavy atom. The van der Waals surface area contributed by atoms with E-state index in [2.05, 4.69) is 15.0 Å². The molecule has 3 rings (SSSR count). The van der Waals surface area contributed by atoms with Crippen molar-refractivity contribution in [1.82, 2.24) is 9.97 Å². The van der Waals surface area contributed by atoms with Gasteiger partial charge in [0.25, 0.3) is 0 Å². The Bertz CT molecular complexity index is 792. The third-order valence-electron chi connectivity index (χ3n) is 4.04. The number of rotatable bonds is 2. The zero-order valence-electron chi connectivity index (χ0n) is 12.9. The van der Waals surface area contributed by atoms with E-state index in [9.17, 15) is 8.60 Å². The minimum Gasteiger partial charge on any atom is -0.386 e. The van der Waals surface area contributed by atoms with Crippen molar-refractivity contribution in [2.24, 2.45) is 10.7 Å². The van der Waals surface area contributed by atoms with Crippen molar-refractivity contribution in [3.8, 4) is 11.1 Å². The lowest BCUT2D eigenvalue weighted by atomic mass is 10.0. The highest BCUT2D eigenvalue weighted by Gasteiger charge is 2.37. The molecule has 120 valence electrons. The largest absolute Gasteiger partial charge is 0.386 e. The topological polar surface area (TPSA) is 81.2 Å². The van der Waals surface area contributed by atoms with Crippen LogP contribution in [0.3, 0.4) is 0 Å². The molecule has 0 amide bonds. The van der Waals surface area contributed by atoms with Crippen LogP contribution in [0.5, 0.6) is 0 Å². The van der Waals surface area contributed by atoms with Gasteiger partial charge in [0.2, 0.25) is 0 Å². The molecule has 2 N–H and O–H groups in total. The van der Waals surface area contributed by atoms with Crippen molar-refractivity contribution in [3.05, 3.63) is 48.3 Å². The molecule has 0 fully saturated rings. The highest BCUT2D eigenvalue weighted by atomic mass is 32.2. The van der Waals surface area contributed by atoms with Gasteiger partial charge in [0.15, 0.2) is 0 Å². The van der Waals surface area contributed by atoms with Crippen LogP contribution in [0.15, 0.2) is 41.9 Å². The number of aromatic nitrogens is 2. The first-order valence-corrected chi connectivity index (χ1v) is 8.48. The average Bonchev–Trinajstić information content (AvgIpc) is 2.54. The number of halogens is 1. The molecule has 1 aromatic carbocycles. The van der Waals surface area contributed by atoms with Crippen molar-refractivity contribution >= 4 is 16.6 Å². The molecule has 1 aromatic heterocycles. The van der Waals surface area contributed by atoms with Gasteiger partial charge in [-0.05, 0) is 31.5 Å². The Balaban J connectivity index is 2.04. The molecular formula is C16H17FN4OS. The van der Waals surface area contributed by atoms with Gasteiger partial charge < -0.3 is 5.73 Å². The highest BCUT2D eigenvalue weighted by Crippen LogP contribution is 2.32. The second-order valence-corrected chi connectivity index (χ2v) is 7.96. The van der Waals surface area contributed by atoms with E-state index in [4.69, 9.17) is 5.73 Å². The maximum Gasteiger partial charge on any atom is 0.128 e. The second kappa shape index (κ2) is 5.81. The molecule has 1 unspecified atom stereocenters. The van der Waals surface area contributed by atoms with E-state index in [1.165, 1.54) is 12.4 Å². The standard InChI is InChI=1S/C16H17FN4OS/c1-16(2)15(18)21-14(8-23(16)22)12-5-10(3-4-13(12)17)11-6-19-9-20-7-11/h3-7,9,14H,8H2,1-2H3,(H2,18,21)/t14-,23?/m0/s1. The fourth-order valence-electron chi connectivity index (χ4n) is 2.42. The quantitative estimate of drug-likeness (QED) is 0.914. The lowest BCUT2D eigenvalue weighted by Crippen LogP contribution is -2.47. The fraction of sp³-hybridized carbons (Fsp3) is 0.312. The van der Waals surface area contributed by atoms with Gasteiger partial charge in [0.05, 0.1) is 16.5 Å². The number of nitrogens with two attached hydrogens (primary N) is 1. The van der Waals surface area contributed by atoms with Crippen molar-refractivity contribution in [1.29, 1.82) is 0 Å². The highest BCUT2D eigenvalue weighted by molar-refractivity contribution is 7.87. The maximum atomic E-state index is 14.3. The van der Waals surface area contributed by atoms with Gasteiger partial charge >= 0.3 is 0 Å². The van der Waals surface area contributed by atoms with E-state index in [0.29, 0.717) is 11.4 Å². The molecule has 0 saturated carbocycles. The van der Waals surface area contributed by atoms with Crippen LogP contribution in [-0.4, -0.2) is 30.5 Å². The van der Waals surface area contributed by atoms with Crippen LogP contribution in [0.2, 0.25) is 0 Å². The van der Waals surface area contributed by atoms with E-state index >= 15 is 0 Å². The summed E-state index contributed by atoms with van der Waals surface area (Å²) in [7, 11) is -1.22. The van der Waals surface area contributed by atoms with E-state index in [0.717, 1.165) is 11.1 Å². The summed E-state index contributed by atoms with van der Waals surface area (Å²) in [5.41, 5.74) is 7.90. The average molecular weight is 332 g/mol. The Morgan fingerprint density at radius 3 is 2.61 bits per heavy atom. The number of nitrogens with zero attached hydrogens (tertiary/aromatic N) is 3. The number of benzene rings is 1. The molecule has 0 spiro atoms. The van der Waals surface area contributed by atoms with Crippen molar-refractivity contribution in [2.45, 2.75) is 24.6 Å². The van der Waals surface area contributed by atoms with Crippen LogP contribution in [0.1, 0.15) is 25.5 Å². The van der Waals surface area contributed by atoms with Crippen molar-refractivity contribution < 1.29 is 8.60 Å². The third kappa shape index (κ3) is 2.88. The maximum absolute atomic E-state index is 14.3. The smallest absolute Gasteiger partial charge is 0.128 e. The molecule has 1 aliphatic rings. The molecule has 5 nitrogen and oxygen atoms in total. The first-order valence-electron chi connectivity index (χ1n) is 7.16. The van der Waals surface area contributed by atoms with Gasteiger partial charge in [-0.15, -0.1) is 0 Å². The zero-order chi connectivity index (χ0) is 16.6. The predicted molar refractivity (Wildman–Crippen MR) is 88.9 cm³/mol. The summed E-state index contributed by atoms with van der Waals surface area (Å²) in [5, 5.41) is 0. The molecule has 0 saturated heterocycles. The number of amidine groups is 1. The zero-order valence-corrected chi connectivity index (χ0v) is 13.7. The first kappa shape index (κ1) is 15.7. The van der Waals surface area contributed by atoms with E-state index in [1.54, 1.807) is 38.4 Å². The van der Waals surface area contributed by atoms with Crippen LogP contribution in [0.4, 0.5) is 4.39 Å². The monoisotopic (exact) mass is 332 g/mol. The first-order chi connectivity index (χ1) is 10.9. The lowest BCUT2D eigenvalue weighted by molar-refractivity contribution is 0.587. The van der Waals surface area contributed by atoms with Crippen LogP contribution in [0, 0.1) is 5.82 Å². The van der Waals surface area contributed by atoms with Crippen molar-refractivity contribution in [3.63, 3.8) is 0 Å². The summed E-state index contributed by atoms with van der Waals surface area (Å²) in [6, 6.07) is 4.19. The summed E-state index contributed by atoms with van der Waals surface area (Å²) in [4.78, 5) is 12.3. The number of hydrogen-bond acceptors (Lipinski definition) is 5. The number of hydrogen-bond donors (Lipinski definition) is 1. The molecule has 2 atom stereocenters. The molecule has 2 aromatic rings. The van der Waals surface area contributed by atoms with Gasteiger partial charge in [-0.1, -0.05) is 6.07 Å². The fourth-order valence-corrected chi connectivity index (χ4v) is 3.66. The lowest BCUT2D eigenvalue weighted by Gasteiger charge is -2.31. The van der Waals surface area contributed by atoms with Gasteiger partial charge in [0, 0.05) is 34.3 Å². The molecular weight excluding hydrogens is 315 g/mol. The molecule has 0 bridgehead atoms. The molecule has 7 heteroatoms. The van der Waals surface area contributed by atoms with Crippen LogP contribution >= 0.6 is 0 Å². The summed E-state index contributed by atoms with van der Waals surface area (Å²) in [6.07, 6.45) is 4.75. The summed E-state index contributed by atoms with van der Waals surface area (Å²) < 4.78 is 26.0. The Morgan fingerprint density at radius 1 is 1.26 bits per heavy atom. The third-order valence-corrected chi connectivity index (χ3v) is 6.01. The Labute approximate surface area is 136 Å². The molecule has 23 heavy (non-hydrogen) atoms. The summed E-state index contributed by atoms with van der Waals surface area (Å²) in [5.74, 6) is 0.156. The Hall–Kier alpha value is -2.15.